The second-order valence-electron chi connectivity index (χ2n) is 3.27. The van der Waals surface area contributed by atoms with Crippen molar-refractivity contribution in [3.05, 3.63) is 24.2 Å². The highest BCUT2D eigenvalue weighted by Gasteiger charge is 2.06. The molecule has 0 atom stereocenters. The van der Waals surface area contributed by atoms with E-state index in [4.69, 9.17) is 4.42 Å². The average Bonchev–Trinajstić information content (AvgIpc) is 2.77. The minimum atomic E-state index is -0.317. The highest BCUT2D eigenvalue weighted by atomic mass is 16.3. The number of amides is 1. The molecule has 0 fully saturated rings. The van der Waals surface area contributed by atoms with Crippen molar-refractivity contribution < 1.29 is 9.21 Å². The van der Waals surface area contributed by atoms with Gasteiger partial charge in [0.1, 0.15) is 0 Å². The van der Waals surface area contributed by atoms with Gasteiger partial charge in [0, 0.05) is 6.21 Å². The van der Waals surface area contributed by atoms with Crippen molar-refractivity contribution in [2.24, 2.45) is 11.0 Å². The molecule has 0 aromatic carbocycles. The van der Waals surface area contributed by atoms with Gasteiger partial charge in [0.15, 0.2) is 5.76 Å². The van der Waals surface area contributed by atoms with Crippen molar-refractivity contribution >= 4 is 12.1 Å². The molecule has 0 saturated carbocycles. The molecule has 1 amide bonds. The first kappa shape index (κ1) is 11.5. The van der Waals surface area contributed by atoms with Gasteiger partial charge in [0.2, 0.25) is 0 Å². The van der Waals surface area contributed by atoms with Crippen LogP contribution in [0.25, 0.3) is 0 Å². The van der Waals surface area contributed by atoms with Gasteiger partial charge in [-0.15, -0.1) is 0 Å². The monoisotopic (exact) mass is 208 g/mol. The lowest BCUT2D eigenvalue weighted by Crippen LogP contribution is -2.17. The first-order chi connectivity index (χ1) is 7.27. The summed E-state index contributed by atoms with van der Waals surface area (Å²) in [5, 5.41) is 3.88. The third kappa shape index (κ3) is 3.58. The Morgan fingerprint density at radius 1 is 1.60 bits per heavy atom. The summed E-state index contributed by atoms with van der Waals surface area (Å²) in [6.45, 7) is 4.18. The van der Waals surface area contributed by atoms with Crippen LogP contribution in [0.3, 0.4) is 0 Å². The van der Waals surface area contributed by atoms with Crippen LogP contribution in [-0.2, 0) is 0 Å². The van der Waals surface area contributed by atoms with E-state index in [1.807, 2.05) is 0 Å². The molecule has 0 saturated heterocycles. The smallest absolute Gasteiger partial charge is 0.307 e. The SMILES string of the molecule is CCC(/C=N/NC(=O)c1ccco1)CC. The number of hydrogen-bond donors (Lipinski definition) is 1. The van der Waals surface area contributed by atoms with Gasteiger partial charge in [-0.1, -0.05) is 13.8 Å². The normalized spacial score (nSPS) is 11.1. The quantitative estimate of drug-likeness (QED) is 0.596. The molecule has 1 rings (SSSR count). The Balaban J connectivity index is 2.40. The highest BCUT2D eigenvalue weighted by Crippen LogP contribution is 2.03. The predicted octanol–water partition coefficient (Wildman–Crippen LogP) is 2.43. The van der Waals surface area contributed by atoms with Crippen molar-refractivity contribution in [2.45, 2.75) is 26.7 Å². The van der Waals surface area contributed by atoms with Crippen LogP contribution in [0.4, 0.5) is 0 Å². The van der Waals surface area contributed by atoms with Gasteiger partial charge in [-0.25, -0.2) is 5.43 Å². The molecule has 15 heavy (non-hydrogen) atoms. The second-order valence-corrected chi connectivity index (χ2v) is 3.27. The van der Waals surface area contributed by atoms with Gasteiger partial charge >= 0.3 is 5.91 Å². The van der Waals surface area contributed by atoms with E-state index in [9.17, 15) is 4.79 Å². The van der Waals surface area contributed by atoms with Crippen LogP contribution in [0, 0.1) is 5.92 Å². The summed E-state index contributed by atoms with van der Waals surface area (Å²) < 4.78 is 4.92. The van der Waals surface area contributed by atoms with Crippen molar-refractivity contribution in [1.29, 1.82) is 0 Å². The minimum absolute atomic E-state index is 0.275. The van der Waals surface area contributed by atoms with Crippen molar-refractivity contribution in [1.82, 2.24) is 5.43 Å². The Kier molecular flexibility index (Phi) is 4.60. The molecule has 0 aliphatic carbocycles. The maximum atomic E-state index is 11.3. The third-order valence-electron chi connectivity index (χ3n) is 2.25. The van der Waals surface area contributed by atoms with E-state index in [0.717, 1.165) is 12.8 Å². The molecule has 4 nitrogen and oxygen atoms in total. The Morgan fingerprint density at radius 3 is 2.87 bits per heavy atom. The predicted molar refractivity (Wildman–Crippen MR) is 58.7 cm³/mol. The Labute approximate surface area is 89.4 Å². The molecule has 1 aromatic rings. The lowest BCUT2D eigenvalue weighted by molar-refractivity contribution is 0.0927. The van der Waals surface area contributed by atoms with Crippen LogP contribution in [0.2, 0.25) is 0 Å². The van der Waals surface area contributed by atoms with Gasteiger partial charge < -0.3 is 4.42 Å². The van der Waals surface area contributed by atoms with Gasteiger partial charge in [-0.3, -0.25) is 4.79 Å². The van der Waals surface area contributed by atoms with E-state index in [1.165, 1.54) is 6.26 Å². The maximum absolute atomic E-state index is 11.3. The van der Waals surface area contributed by atoms with Gasteiger partial charge in [0.05, 0.1) is 6.26 Å². The van der Waals surface area contributed by atoms with Crippen molar-refractivity contribution in [3.63, 3.8) is 0 Å². The summed E-state index contributed by atoms with van der Waals surface area (Å²) in [7, 11) is 0. The van der Waals surface area contributed by atoms with E-state index >= 15 is 0 Å². The molecule has 0 radical (unpaired) electrons. The number of nitrogens with zero attached hydrogens (tertiary/aromatic N) is 1. The summed E-state index contributed by atoms with van der Waals surface area (Å²) in [6, 6.07) is 3.27. The Hall–Kier alpha value is -1.58. The lowest BCUT2D eigenvalue weighted by atomic mass is 10.1. The number of hydrogen-bond acceptors (Lipinski definition) is 3. The van der Waals surface area contributed by atoms with Crippen LogP contribution in [0.1, 0.15) is 37.2 Å². The lowest BCUT2D eigenvalue weighted by Gasteiger charge is -2.03. The standard InChI is InChI=1S/C11H16N2O2/c1-3-9(4-2)8-12-13-11(14)10-6-5-7-15-10/h5-9H,3-4H2,1-2H3,(H,13,14)/b12-8+. The minimum Gasteiger partial charge on any atom is -0.459 e. The van der Waals surface area contributed by atoms with Gasteiger partial charge in [-0.05, 0) is 30.9 Å². The molecule has 4 heteroatoms. The summed E-state index contributed by atoms with van der Waals surface area (Å²) in [5.41, 5.74) is 2.42. The fourth-order valence-corrected chi connectivity index (χ4v) is 1.16. The molecule has 82 valence electrons. The summed E-state index contributed by atoms with van der Waals surface area (Å²) in [4.78, 5) is 11.3. The molecule has 0 unspecified atom stereocenters. The average molecular weight is 208 g/mol. The number of rotatable bonds is 5. The number of carbonyl (C=O) groups is 1. The zero-order chi connectivity index (χ0) is 11.1. The maximum Gasteiger partial charge on any atom is 0.307 e. The second kappa shape index (κ2) is 6.01. The topological polar surface area (TPSA) is 54.6 Å². The largest absolute Gasteiger partial charge is 0.459 e. The van der Waals surface area contributed by atoms with Crippen molar-refractivity contribution in [3.8, 4) is 0 Å². The Morgan fingerprint density at radius 2 is 2.33 bits per heavy atom. The summed E-state index contributed by atoms with van der Waals surface area (Å²) in [6.07, 6.45) is 5.27. The number of hydrazone groups is 1. The molecule has 0 bridgehead atoms. The van der Waals surface area contributed by atoms with Crippen LogP contribution < -0.4 is 5.43 Å². The van der Waals surface area contributed by atoms with Crippen LogP contribution >= 0.6 is 0 Å². The molecule has 1 aromatic heterocycles. The van der Waals surface area contributed by atoms with Gasteiger partial charge in [-0.2, -0.15) is 5.10 Å². The summed E-state index contributed by atoms with van der Waals surface area (Å²) in [5.74, 6) is 0.376. The molecule has 1 heterocycles. The van der Waals surface area contributed by atoms with Gasteiger partial charge in [0.25, 0.3) is 0 Å². The van der Waals surface area contributed by atoms with E-state index in [2.05, 4.69) is 24.4 Å². The molecule has 0 spiro atoms. The fourth-order valence-electron chi connectivity index (χ4n) is 1.16. The van der Waals surface area contributed by atoms with Crippen molar-refractivity contribution in [2.75, 3.05) is 0 Å². The highest BCUT2D eigenvalue weighted by molar-refractivity contribution is 5.91. The van der Waals surface area contributed by atoms with Crippen LogP contribution in [-0.4, -0.2) is 12.1 Å². The molecule has 1 N–H and O–H groups in total. The summed E-state index contributed by atoms with van der Waals surface area (Å²) >= 11 is 0. The van der Waals surface area contributed by atoms with E-state index < -0.39 is 0 Å². The molecule has 0 aliphatic rings. The first-order valence-electron chi connectivity index (χ1n) is 5.15. The van der Waals surface area contributed by atoms with E-state index in [-0.39, 0.29) is 11.7 Å². The van der Waals surface area contributed by atoms with Crippen LogP contribution in [0.5, 0.6) is 0 Å². The first-order valence-corrected chi connectivity index (χ1v) is 5.15. The van der Waals surface area contributed by atoms with E-state index in [0.29, 0.717) is 5.92 Å². The molecular formula is C11H16N2O2. The zero-order valence-corrected chi connectivity index (χ0v) is 9.06. The molecular weight excluding hydrogens is 192 g/mol. The fraction of sp³-hybridized carbons (Fsp3) is 0.455. The number of furan rings is 1. The number of carbonyl (C=O) groups excluding carboxylic acids is 1. The third-order valence-corrected chi connectivity index (χ3v) is 2.25. The number of nitrogens with one attached hydrogen (secondary N) is 1. The zero-order valence-electron chi connectivity index (χ0n) is 9.06. The van der Waals surface area contributed by atoms with E-state index in [1.54, 1.807) is 18.3 Å². The Bertz CT molecular complexity index is 313. The van der Waals surface area contributed by atoms with Crippen LogP contribution in [0.15, 0.2) is 27.9 Å². The molecule has 0 aliphatic heterocycles.